The Morgan fingerprint density at radius 2 is 2.00 bits per heavy atom. The maximum absolute atomic E-state index is 5.85. The maximum atomic E-state index is 5.85. The summed E-state index contributed by atoms with van der Waals surface area (Å²) in [7, 11) is 1.98. The van der Waals surface area contributed by atoms with Crippen LogP contribution in [-0.2, 0) is 11.2 Å². The van der Waals surface area contributed by atoms with E-state index in [2.05, 4.69) is 57.3 Å². The number of hydrogen-bond donors (Lipinski definition) is 1. The summed E-state index contributed by atoms with van der Waals surface area (Å²) in [5.41, 5.74) is 2.59. The molecule has 2 heteroatoms. The smallest absolute Gasteiger partial charge is 0.0668 e. The normalized spacial score (nSPS) is 13.7. The molecule has 96 valence electrons. The van der Waals surface area contributed by atoms with Gasteiger partial charge in [0.15, 0.2) is 0 Å². The van der Waals surface area contributed by atoms with E-state index >= 15 is 0 Å². The second kappa shape index (κ2) is 6.18. The van der Waals surface area contributed by atoms with Gasteiger partial charge >= 0.3 is 0 Å². The molecule has 0 aliphatic carbocycles. The average Bonchev–Trinajstić information content (AvgIpc) is 2.29. The van der Waals surface area contributed by atoms with Gasteiger partial charge in [-0.05, 0) is 45.4 Å². The molecule has 0 radical (unpaired) electrons. The zero-order chi connectivity index (χ0) is 12.9. The summed E-state index contributed by atoms with van der Waals surface area (Å²) in [5.74, 6) is 0. The Hall–Kier alpha value is -0.860. The molecule has 0 fully saturated rings. The second-order valence-electron chi connectivity index (χ2n) is 5.36. The Morgan fingerprint density at radius 1 is 1.29 bits per heavy atom. The van der Waals surface area contributed by atoms with Crippen molar-refractivity contribution >= 4 is 0 Å². The van der Waals surface area contributed by atoms with Crippen LogP contribution in [0.2, 0.25) is 0 Å². The molecule has 1 aromatic rings. The number of likely N-dealkylation sites (N-methyl/N-ethyl adjacent to an activating group) is 1. The van der Waals surface area contributed by atoms with Crippen LogP contribution in [0.4, 0.5) is 0 Å². The largest absolute Gasteiger partial charge is 0.374 e. The van der Waals surface area contributed by atoms with Crippen LogP contribution < -0.4 is 5.32 Å². The van der Waals surface area contributed by atoms with Gasteiger partial charge in [-0.3, -0.25) is 0 Å². The van der Waals surface area contributed by atoms with E-state index in [1.807, 2.05) is 7.05 Å². The van der Waals surface area contributed by atoms with Crippen molar-refractivity contribution in [2.75, 3.05) is 13.7 Å². The molecule has 1 aromatic carbocycles. The molecule has 0 heterocycles. The van der Waals surface area contributed by atoms with E-state index in [4.69, 9.17) is 4.74 Å². The molecule has 1 atom stereocenters. The first kappa shape index (κ1) is 14.2. The zero-order valence-electron chi connectivity index (χ0n) is 11.7. The van der Waals surface area contributed by atoms with Crippen LogP contribution in [0.1, 0.15) is 44.9 Å². The van der Waals surface area contributed by atoms with Crippen LogP contribution in [0, 0.1) is 0 Å². The van der Waals surface area contributed by atoms with Gasteiger partial charge < -0.3 is 10.1 Å². The van der Waals surface area contributed by atoms with E-state index in [0.717, 1.165) is 6.42 Å². The minimum Gasteiger partial charge on any atom is -0.374 e. The third-order valence-electron chi connectivity index (χ3n) is 2.79. The fourth-order valence-corrected chi connectivity index (χ4v) is 1.71. The van der Waals surface area contributed by atoms with E-state index in [-0.39, 0.29) is 11.6 Å². The van der Waals surface area contributed by atoms with Gasteiger partial charge in [0, 0.05) is 0 Å². The van der Waals surface area contributed by atoms with Crippen molar-refractivity contribution in [3.63, 3.8) is 0 Å². The fourth-order valence-electron chi connectivity index (χ4n) is 1.71. The summed E-state index contributed by atoms with van der Waals surface area (Å²) in [5, 5.41) is 3.32. The van der Waals surface area contributed by atoms with Gasteiger partial charge in [-0.15, -0.1) is 0 Å². The predicted molar refractivity (Wildman–Crippen MR) is 73.3 cm³/mol. The first-order valence-electron chi connectivity index (χ1n) is 6.36. The highest BCUT2D eigenvalue weighted by Gasteiger charge is 2.15. The Labute approximate surface area is 105 Å². The third kappa shape index (κ3) is 4.88. The Morgan fingerprint density at radius 3 is 2.53 bits per heavy atom. The van der Waals surface area contributed by atoms with E-state index in [0.29, 0.717) is 6.61 Å². The lowest BCUT2D eigenvalue weighted by atomic mass is 10.0. The highest BCUT2D eigenvalue weighted by molar-refractivity contribution is 5.26. The number of hydrogen-bond acceptors (Lipinski definition) is 2. The van der Waals surface area contributed by atoms with Crippen LogP contribution in [0.3, 0.4) is 0 Å². The molecule has 1 N–H and O–H groups in total. The van der Waals surface area contributed by atoms with Crippen molar-refractivity contribution in [1.82, 2.24) is 5.32 Å². The van der Waals surface area contributed by atoms with Gasteiger partial charge in [-0.1, -0.05) is 31.2 Å². The molecule has 0 saturated heterocycles. The molecule has 1 unspecified atom stereocenters. The molecule has 17 heavy (non-hydrogen) atoms. The van der Waals surface area contributed by atoms with Crippen LogP contribution in [-0.4, -0.2) is 19.3 Å². The highest BCUT2D eigenvalue weighted by Crippen LogP contribution is 2.18. The fraction of sp³-hybridized carbons (Fsp3) is 0.600. The molecule has 2 nitrogen and oxygen atoms in total. The van der Waals surface area contributed by atoms with Crippen LogP contribution in [0.25, 0.3) is 0 Å². The Kier molecular flexibility index (Phi) is 5.16. The number of benzene rings is 1. The summed E-state index contributed by atoms with van der Waals surface area (Å²) in [4.78, 5) is 0. The summed E-state index contributed by atoms with van der Waals surface area (Å²) in [6.45, 7) is 9.14. The number of ether oxygens (including phenoxy) is 1. The average molecular weight is 235 g/mol. The standard InChI is InChI=1S/C15H25NO/c1-6-12-8-7-9-13(10-12)14(16-5)11-17-15(2,3)4/h7-10,14,16H,6,11H2,1-5H3. The van der Waals surface area contributed by atoms with E-state index in [1.165, 1.54) is 11.1 Å². The summed E-state index contributed by atoms with van der Waals surface area (Å²) in [6.07, 6.45) is 1.07. The van der Waals surface area contributed by atoms with Gasteiger partial charge in [0.2, 0.25) is 0 Å². The molecular formula is C15H25NO. The minimum absolute atomic E-state index is 0.0858. The Balaban J connectivity index is 2.72. The van der Waals surface area contributed by atoms with Gasteiger partial charge in [0.1, 0.15) is 0 Å². The van der Waals surface area contributed by atoms with Gasteiger partial charge in [-0.2, -0.15) is 0 Å². The minimum atomic E-state index is -0.0858. The maximum Gasteiger partial charge on any atom is 0.0668 e. The van der Waals surface area contributed by atoms with Crippen molar-refractivity contribution in [3.05, 3.63) is 35.4 Å². The van der Waals surface area contributed by atoms with E-state index in [1.54, 1.807) is 0 Å². The molecule has 0 aromatic heterocycles. The summed E-state index contributed by atoms with van der Waals surface area (Å²) in [6, 6.07) is 8.97. The molecule has 1 rings (SSSR count). The lowest BCUT2D eigenvalue weighted by Crippen LogP contribution is -2.28. The monoisotopic (exact) mass is 235 g/mol. The van der Waals surface area contributed by atoms with Gasteiger partial charge in [-0.25, -0.2) is 0 Å². The quantitative estimate of drug-likeness (QED) is 0.845. The SMILES string of the molecule is CCc1cccc(C(COC(C)(C)C)NC)c1. The lowest BCUT2D eigenvalue weighted by Gasteiger charge is -2.24. The third-order valence-corrected chi connectivity index (χ3v) is 2.79. The number of nitrogens with one attached hydrogen (secondary N) is 1. The predicted octanol–water partition coefficient (Wildman–Crippen LogP) is 3.32. The molecule has 0 bridgehead atoms. The second-order valence-corrected chi connectivity index (χ2v) is 5.36. The van der Waals surface area contributed by atoms with Crippen molar-refractivity contribution in [3.8, 4) is 0 Å². The molecule has 0 amide bonds. The first-order valence-corrected chi connectivity index (χ1v) is 6.36. The van der Waals surface area contributed by atoms with Crippen molar-refractivity contribution in [2.45, 2.75) is 45.8 Å². The molecule has 0 aliphatic rings. The van der Waals surface area contributed by atoms with Crippen LogP contribution in [0.15, 0.2) is 24.3 Å². The topological polar surface area (TPSA) is 21.3 Å². The van der Waals surface area contributed by atoms with Crippen molar-refractivity contribution in [2.24, 2.45) is 0 Å². The summed E-state index contributed by atoms with van der Waals surface area (Å²) < 4.78 is 5.85. The molecule has 0 spiro atoms. The zero-order valence-corrected chi connectivity index (χ0v) is 11.7. The lowest BCUT2D eigenvalue weighted by molar-refractivity contribution is -0.0139. The van der Waals surface area contributed by atoms with Crippen molar-refractivity contribution < 1.29 is 4.74 Å². The molecule has 0 saturated carbocycles. The van der Waals surface area contributed by atoms with Crippen molar-refractivity contribution in [1.29, 1.82) is 0 Å². The van der Waals surface area contributed by atoms with Crippen LogP contribution in [0.5, 0.6) is 0 Å². The number of rotatable bonds is 5. The first-order chi connectivity index (χ1) is 7.96. The Bertz CT molecular complexity index is 341. The molecular weight excluding hydrogens is 210 g/mol. The number of aryl methyl sites for hydroxylation is 1. The van der Waals surface area contributed by atoms with E-state index < -0.39 is 0 Å². The van der Waals surface area contributed by atoms with E-state index in [9.17, 15) is 0 Å². The van der Waals surface area contributed by atoms with Gasteiger partial charge in [0.05, 0.1) is 18.2 Å². The van der Waals surface area contributed by atoms with Crippen LogP contribution >= 0.6 is 0 Å². The van der Waals surface area contributed by atoms with Gasteiger partial charge in [0.25, 0.3) is 0 Å². The summed E-state index contributed by atoms with van der Waals surface area (Å²) >= 11 is 0. The highest BCUT2D eigenvalue weighted by atomic mass is 16.5. The molecule has 0 aliphatic heterocycles.